The van der Waals surface area contributed by atoms with Gasteiger partial charge < -0.3 is 10.2 Å². The van der Waals surface area contributed by atoms with Crippen LogP contribution < -0.4 is 0 Å². The van der Waals surface area contributed by atoms with Gasteiger partial charge in [-0.25, -0.2) is 0 Å². The Morgan fingerprint density at radius 1 is 1.00 bits per heavy atom. The molecule has 0 amide bonds. The van der Waals surface area contributed by atoms with Crippen LogP contribution >= 0.6 is 0 Å². The molecule has 0 unspecified atom stereocenters. The lowest BCUT2D eigenvalue weighted by molar-refractivity contribution is 0.432. The summed E-state index contributed by atoms with van der Waals surface area (Å²) in [4.78, 5) is 4.02. The van der Waals surface area contributed by atoms with Gasteiger partial charge in [-0.2, -0.15) is 0 Å². The fourth-order valence-corrected chi connectivity index (χ4v) is 2.40. The number of hydrogen-bond acceptors (Lipinski definition) is 3. The molecule has 3 heteroatoms. The molecule has 0 radical (unpaired) electrons. The minimum absolute atomic E-state index is 0.119. The number of nitrogens with zero attached hydrogens (tertiary/aromatic N) is 1. The maximum Gasteiger partial charge on any atom is 0.119 e. The lowest BCUT2D eigenvalue weighted by Gasteiger charge is -2.20. The highest BCUT2D eigenvalue weighted by atomic mass is 16.3. The predicted molar refractivity (Wildman–Crippen MR) is 79.9 cm³/mol. The van der Waals surface area contributed by atoms with E-state index in [4.69, 9.17) is 0 Å². The number of pyridine rings is 1. The minimum atomic E-state index is 0.119. The third-order valence-electron chi connectivity index (χ3n) is 3.94. The highest BCUT2D eigenvalue weighted by molar-refractivity contribution is 5.38. The van der Waals surface area contributed by atoms with Crippen molar-refractivity contribution in [1.82, 2.24) is 4.98 Å². The summed E-state index contributed by atoms with van der Waals surface area (Å²) >= 11 is 0. The van der Waals surface area contributed by atoms with E-state index in [2.05, 4.69) is 18.8 Å². The normalized spacial score (nSPS) is 13.9. The molecule has 0 aliphatic heterocycles. The Bertz CT molecular complexity index is 534. The van der Waals surface area contributed by atoms with Crippen molar-refractivity contribution in [3.05, 3.63) is 53.9 Å². The van der Waals surface area contributed by atoms with Gasteiger partial charge in [0.25, 0.3) is 0 Å². The first-order valence-electron chi connectivity index (χ1n) is 6.98. The van der Waals surface area contributed by atoms with Gasteiger partial charge in [0.1, 0.15) is 11.5 Å². The Labute approximate surface area is 119 Å². The van der Waals surface area contributed by atoms with Crippen LogP contribution in [0.2, 0.25) is 0 Å². The third kappa shape index (κ3) is 3.73. The molecule has 1 heterocycles. The Morgan fingerprint density at radius 2 is 1.60 bits per heavy atom. The second-order valence-electron chi connectivity index (χ2n) is 5.44. The fourth-order valence-electron chi connectivity index (χ4n) is 2.40. The molecule has 3 nitrogen and oxygen atoms in total. The van der Waals surface area contributed by atoms with Crippen molar-refractivity contribution in [2.75, 3.05) is 0 Å². The molecule has 0 saturated heterocycles. The summed E-state index contributed by atoms with van der Waals surface area (Å²) < 4.78 is 0. The van der Waals surface area contributed by atoms with E-state index in [0.717, 1.165) is 18.4 Å². The number of aryl methyl sites for hydroxylation is 1. The largest absolute Gasteiger partial charge is 0.508 e. The summed E-state index contributed by atoms with van der Waals surface area (Å²) in [6.07, 6.45) is 5.70. The third-order valence-corrected chi connectivity index (χ3v) is 3.94. The fraction of sp³-hybridized carbons (Fsp3) is 0.353. The molecule has 2 N–H and O–H groups in total. The van der Waals surface area contributed by atoms with Gasteiger partial charge in [0.2, 0.25) is 0 Å². The van der Waals surface area contributed by atoms with E-state index in [1.165, 1.54) is 11.6 Å². The second kappa shape index (κ2) is 6.42. The van der Waals surface area contributed by atoms with Crippen molar-refractivity contribution in [3.8, 4) is 11.5 Å². The van der Waals surface area contributed by atoms with Crippen LogP contribution in [0.3, 0.4) is 0 Å². The molecule has 0 aliphatic rings. The number of aromatic nitrogens is 1. The van der Waals surface area contributed by atoms with E-state index < -0.39 is 0 Å². The van der Waals surface area contributed by atoms with Gasteiger partial charge in [0, 0.05) is 18.5 Å². The van der Waals surface area contributed by atoms with E-state index in [0.29, 0.717) is 5.92 Å². The van der Waals surface area contributed by atoms with Crippen LogP contribution in [0.1, 0.15) is 37.3 Å². The molecule has 2 aromatic rings. The minimum Gasteiger partial charge on any atom is -0.508 e. The summed E-state index contributed by atoms with van der Waals surface area (Å²) in [5.41, 5.74) is 2.27. The van der Waals surface area contributed by atoms with E-state index in [1.807, 2.05) is 24.5 Å². The van der Waals surface area contributed by atoms with Crippen molar-refractivity contribution < 1.29 is 10.2 Å². The summed E-state index contributed by atoms with van der Waals surface area (Å²) in [5.74, 6) is 0.987. The maximum atomic E-state index is 9.57. The second-order valence-corrected chi connectivity index (χ2v) is 5.44. The topological polar surface area (TPSA) is 53.4 Å². The van der Waals surface area contributed by atoms with Crippen molar-refractivity contribution in [2.24, 2.45) is 5.92 Å². The van der Waals surface area contributed by atoms with Gasteiger partial charge in [-0.3, -0.25) is 4.98 Å². The molecule has 0 aliphatic carbocycles. The average molecular weight is 271 g/mol. The predicted octanol–water partition coefficient (Wildman–Crippen LogP) is 3.87. The zero-order valence-corrected chi connectivity index (χ0v) is 12.0. The Hall–Kier alpha value is -2.03. The van der Waals surface area contributed by atoms with Crippen LogP contribution in [0.25, 0.3) is 0 Å². The first-order chi connectivity index (χ1) is 9.56. The van der Waals surface area contributed by atoms with Gasteiger partial charge in [0.15, 0.2) is 0 Å². The van der Waals surface area contributed by atoms with E-state index in [1.54, 1.807) is 12.1 Å². The van der Waals surface area contributed by atoms with Crippen LogP contribution in [-0.2, 0) is 6.42 Å². The zero-order chi connectivity index (χ0) is 14.5. The molecule has 20 heavy (non-hydrogen) atoms. The number of aromatic hydroxyl groups is 2. The molecular weight excluding hydrogens is 250 g/mol. The molecule has 0 spiro atoms. The van der Waals surface area contributed by atoms with Gasteiger partial charge in [0.05, 0.1) is 0 Å². The summed E-state index contributed by atoms with van der Waals surface area (Å²) in [6, 6.07) is 8.90. The maximum absolute atomic E-state index is 9.57. The van der Waals surface area contributed by atoms with Gasteiger partial charge in [-0.15, -0.1) is 0 Å². The Balaban J connectivity index is 1.99. The van der Waals surface area contributed by atoms with Crippen molar-refractivity contribution in [1.29, 1.82) is 0 Å². The van der Waals surface area contributed by atoms with Crippen LogP contribution in [0.4, 0.5) is 0 Å². The number of rotatable bonds is 5. The highest BCUT2D eigenvalue weighted by Gasteiger charge is 2.15. The summed E-state index contributed by atoms with van der Waals surface area (Å²) in [7, 11) is 0. The molecule has 0 bridgehead atoms. The SMILES string of the molecule is C[C@H](CCc1ccncc1)[C@H](C)c1cc(O)cc(O)c1. The van der Waals surface area contributed by atoms with Crippen LogP contribution in [-0.4, -0.2) is 15.2 Å². The van der Waals surface area contributed by atoms with Gasteiger partial charge in [-0.05, 0) is 60.1 Å². The number of hydrogen-bond donors (Lipinski definition) is 2. The summed E-state index contributed by atoms with van der Waals surface area (Å²) in [6.45, 7) is 4.33. The van der Waals surface area contributed by atoms with Crippen LogP contribution in [0.15, 0.2) is 42.7 Å². The quantitative estimate of drug-likeness (QED) is 0.868. The molecule has 0 saturated carbocycles. The van der Waals surface area contributed by atoms with Gasteiger partial charge >= 0.3 is 0 Å². The van der Waals surface area contributed by atoms with Crippen LogP contribution in [0.5, 0.6) is 11.5 Å². The van der Waals surface area contributed by atoms with E-state index in [-0.39, 0.29) is 17.4 Å². The molecule has 1 aromatic heterocycles. The molecule has 2 atom stereocenters. The Morgan fingerprint density at radius 3 is 2.20 bits per heavy atom. The first-order valence-corrected chi connectivity index (χ1v) is 6.98. The standard InChI is InChI=1S/C17H21NO2/c1-12(3-4-14-5-7-18-8-6-14)13(2)15-9-16(19)11-17(20)10-15/h5-13,19-20H,3-4H2,1-2H3/t12-,13+/m1/s1. The number of phenols is 2. The smallest absolute Gasteiger partial charge is 0.119 e. The molecule has 0 fully saturated rings. The monoisotopic (exact) mass is 271 g/mol. The highest BCUT2D eigenvalue weighted by Crippen LogP contribution is 2.32. The molecule has 1 aromatic carbocycles. The van der Waals surface area contributed by atoms with E-state index >= 15 is 0 Å². The lowest BCUT2D eigenvalue weighted by atomic mass is 9.85. The van der Waals surface area contributed by atoms with Crippen molar-refractivity contribution >= 4 is 0 Å². The zero-order valence-electron chi connectivity index (χ0n) is 12.0. The molecule has 106 valence electrons. The molecule has 2 rings (SSSR count). The van der Waals surface area contributed by atoms with Crippen molar-refractivity contribution in [2.45, 2.75) is 32.6 Å². The lowest BCUT2D eigenvalue weighted by Crippen LogP contribution is -2.07. The summed E-state index contributed by atoms with van der Waals surface area (Å²) in [5, 5.41) is 19.1. The molecular formula is C17H21NO2. The van der Waals surface area contributed by atoms with Crippen molar-refractivity contribution in [3.63, 3.8) is 0 Å². The number of benzene rings is 1. The van der Waals surface area contributed by atoms with E-state index in [9.17, 15) is 10.2 Å². The Kier molecular flexibility index (Phi) is 4.61. The first kappa shape index (κ1) is 14.4. The van der Waals surface area contributed by atoms with Crippen LogP contribution in [0, 0.1) is 5.92 Å². The average Bonchev–Trinajstić information content (AvgIpc) is 2.44. The number of phenolic OH excluding ortho intramolecular Hbond substituents is 2. The van der Waals surface area contributed by atoms with Gasteiger partial charge in [-0.1, -0.05) is 13.8 Å².